The van der Waals surface area contributed by atoms with E-state index in [0.717, 1.165) is 18.7 Å². The van der Waals surface area contributed by atoms with Gasteiger partial charge in [0.2, 0.25) is 5.88 Å². The highest BCUT2D eigenvalue weighted by Gasteiger charge is 2.16. The Balaban J connectivity index is 1.94. The van der Waals surface area contributed by atoms with E-state index in [1.807, 2.05) is 6.07 Å². The molecule has 0 saturated carbocycles. The number of nitrogens with zero attached hydrogens (tertiary/aromatic N) is 5. The largest absolute Gasteiger partial charge is 0.479 e. The number of ether oxygens (including phenoxy) is 2. The van der Waals surface area contributed by atoms with Gasteiger partial charge in [-0.25, -0.2) is 24.3 Å². The predicted molar refractivity (Wildman–Crippen MR) is 122 cm³/mol. The van der Waals surface area contributed by atoms with E-state index in [1.54, 1.807) is 13.1 Å². The molecule has 0 spiro atoms. The van der Waals surface area contributed by atoms with Crippen LogP contribution in [0, 0.1) is 5.82 Å². The van der Waals surface area contributed by atoms with Gasteiger partial charge in [0.25, 0.3) is 0 Å². The van der Waals surface area contributed by atoms with E-state index >= 15 is 0 Å². The first-order chi connectivity index (χ1) is 15.4. The average molecular weight is 442 g/mol. The van der Waals surface area contributed by atoms with Gasteiger partial charge in [0, 0.05) is 31.9 Å². The number of methoxy groups -OCH3 is 1. The maximum absolute atomic E-state index is 14.1. The quantitative estimate of drug-likeness (QED) is 0.436. The SMILES string of the molecule is C=C(N)/N=C(C)\N=C(/N)c1cc(CN2CCOCC2)cnc1Nc1cnc(OC)c(F)c1. The molecule has 0 amide bonds. The molecule has 3 rings (SSSR count). The summed E-state index contributed by atoms with van der Waals surface area (Å²) in [5, 5.41) is 3.04. The zero-order valence-corrected chi connectivity index (χ0v) is 18.1. The molecule has 170 valence electrons. The molecule has 1 saturated heterocycles. The Morgan fingerprint density at radius 1 is 1.25 bits per heavy atom. The first-order valence-electron chi connectivity index (χ1n) is 9.95. The van der Waals surface area contributed by atoms with E-state index in [2.05, 4.69) is 36.7 Å². The predicted octanol–water partition coefficient (Wildman–Crippen LogP) is 1.75. The lowest BCUT2D eigenvalue weighted by atomic mass is 10.1. The number of amidine groups is 2. The minimum atomic E-state index is -0.603. The van der Waals surface area contributed by atoms with Gasteiger partial charge in [0.05, 0.1) is 37.8 Å². The minimum Gasteiger partial charge on any atom is -0.479 e. The fourth-order valence-electron chi connectivity index (χ4n) is 3.15. The first-order valence-corrected chi connectivity index (χ1v) is 9.95. The number of halogens is 1. The normalized spacial score (nSPS) is 15.5. The maximum Gasteiger partial charge on any atom is 0.250 e. The molecule has 2 aromatic heterocycles. The van der Waals surface area contributed by atoms with E-state index in [4.69, 9.17) is 20.9 Å². The fourth-order valence-corrected chi connectivity index (χ4v) is 3.15. The molecule has 2 aromatic rings. The van der Waals surface area contributed by atoms with Crippen LogP contribution in [0.3, 0.4) is 0 Å². The van der Waals surface area contributed by atoms with Gasteiger partial charge in [-0.3, -0.25) is 4.90 Å². The summed E-state index contributed by atoms with van der Waals surface area (Å²) in [6.07, 6.45) is 3.18. The molecule has 1 aliphatic rings. The fraction of sp³-hybridized carbons (Fsp3) is 0.333. The van der Waals surface area contributed by atoms with Gasteiger partial charge in [-0.05, 0) is 18.6 Å². The van der Waals surface area contributed by atoms with Gasteiger partial charge in [-0.2, -0.15) is 0 Å². The zero-order valence-electron chi connectivity index (χ0n) is 18.1. The molecule has 32 heavy (non-hydrogen) atoms. The van der Waals surface area contributed by atoms with Crippen molar-refractivity contribution in [1.82, 2.24) is 14.9 Å². The third kappa shape index (κ3) is 6.22. The first kappa shape index (κ1) is 23.1. The average Bonchev–Trinajstić information content (AvgIpc) is 2.75. The van der Waals surface area contributed by atoms with E-state index in [-0.39, 0.29) is 17.5 Å². The van der Waals surface area contributed by atoms with Crippen molar-refractivity contribution in [2.75, 3.05) is 38.7 Å². The number of hydrogen-bond acceptors (Lipinski definition) is 8. The molecular formula is C21H27FN8O2. The molecule has 0 aromatic carbocycles. The Kier molecular flexibility index (Phi) is 7.68. The van der Waals surface area contributed by atoms with Gasteiger partial charge in [0.15, 0.2) is 5.82 Å². The number of hydrogen-bond donors (Lipinski definition) is 3. The van der Waals surface area contributed by atoms with E-state index in [1.165, 1.54) is 19.4 Å². The number of aromatic nitrogens is 2. The third-order valence-electron chi connectivity index (χ3n) is 4.58. The van der Waals surface area contributed by atoms with E-state index in [0.29, 0.717) is 42.7 Å². The Morgan fingerprint density at radius 3 is 2.66 bits per heavy atom. The van der Waals surface area contributed by atoms with Crippen LogP contribution >= 0.6 is 0 Å². The minimum absolute atomic E-state index is 0.0977. The van der Waals surface area contributed by atoms with Gasteiger partial charge < -0.3 is 26.3 Å². The molecule has 0 bridgehead atoms. The number of rotatable bonds is 7. The van der Waals surface area contributed by atoms with Crippen LogP contribution in [-0.2, 0) is 11.3 Å². The number of nitrogens with one attached hydrogen (secondary N) is 1. The van der Waals surface area contributed by atoms with Crippen molar-refractivity contribution < 1.29 is 13.9 Å². The van der Waals surface area contributed by atoms with Gasteiger partial charge in [-0.1, -0.05) is 6.58 Å². The van der Waals surface area contributed by atoms with Crippen molar-refractivity contribution >= 4 is 23.2 Å². The van der Waals surface area contributed by atoms with Gasteiger partial charge >= 0.3 is 0 Å². The van der Waals surface area contributed by atoms with E-state index in [9.17, 15) is 4.39 Å². The lowest BCUT2D eigenvalue weighted by Crippen LogP contribution is -2.35. The number of aliphatic imine (C=N–C) groups is 2. The number of morpholine rings is 1. The van der Waals surface area contributed by atoms with Crippen LogP contribution in [-0.4, -0.2) is 60.0 Å². The van der Waals surface area contributed by atoms with Crippen LogP contribution in [0.25, 0.3) is 0 Å². The molecule has 0 aliphatic carbocycles. The van der Waals surface area contributed by atoms with Crippen molar-refractivity contribution in [2.45, 2.75) is 13.5 Å². The standard InChI is InChI=1S/C21H27FN8O2/c1-13(23)27-14(2)28-19(24)17-8-15(12-30-4-6-32-7-5-30)10-25-20(17)29-16-9-18(22)21(31-3)26-11-16/h8-11H,1,4-7,12,23H2,2-3H3,(H,25,29)(H2,24,27,28). The molecule has 0 unspecified atom stereocenters. The van der Waals surface area contributed by atoms with Crippen LogP contribution in [0.4, 0.5) is 15.9 Å². The van der Waals surface area contributed by atoms with Crippen LogP contribution < -0.4 is 21.5 Å². The van der Waals surface area contributed by atoms with Crippen LogP contribution in [0.15, 0.2) is 46.9 Å². The Labute approximate surface area is 185 Å². The number of pyridine rings is 2. The monoisotopic (exact) mass is 442 g/mol. The maximum atomic E-state index is 14.1. The second-order valence-electron chi connectivity index (χ2n) is 7.12. The molecule has 1 fully saturated rings. The van der Waals surface area contributed by atoms with E-state index < -0.39 is 5.82 Å². The molecule has 3 heterocycles. The Morgan fingerprint density at radius 2 is 2.00 bits per heavy atom. The molecule has 0 atom stereocenters. The highest BCUT2D eigenvalue weighted by molar-refractivity contribution is 6.08. The lowest BCUT2D eigenvalue weighted by Gasteiger charge is -2.26. The van der Waals surface area contributed by atoms with Crippen molar-refractivity contribution in [3.63, 3.8) is 0 Å². The summed E-state index contributed by atoms with van der Waals surface area (Å²) in [5.74, 6) is 0.331. The summed E-state index contributed by atoms with van der Waals surface area (Å²) in [6, 6.07) is 3.15. The molecule has 1 aliphatic heterocycles. The summed E-state index contributed by atoms with van der Waals surface area (Å²) < 4.78 is 24.3. The van der Waals surface area contributed by atoms with Crippen molar-refractivity contribution in [3.05, 3.63) is 53.9 Å². The molecule has 0 radical (unpaired) electrons. The third-order valence-corrected chi connectivity index (χ3v) is 4.58. The summed E-state index contributed by atoms with van der Waals surface area (Å²) in [6.45, 7) is 8.93. The van der Waals surface area contributed by atoms with Crippen LogP contribution in [0.2, 0.25) is 0 Å². The zero-order chi connectivity index (χ0) is 23.1. The molecule has 10 nitrogen and oxygen atoms in total. The van der Waals surface area contributed by atoms with Crippen molar-refractivity contribution in [1.29, 1.82) is 0 Å². The second kappa shape index (κ2) is 10.6. The topological polar surface area (TPSA) is 136 Å². The van der Waals surface area contributed by atoms with Gasteiger partial charge in [0.1, 0.15) is 23.3 Å². The Bertz CT molecular complexity index is 1030. The molecule has 11 heteroatoms. The Hall–Kier alpha value is -3.57. The van der Waals surface area contributed by atoms with Crippen LogP contribution in [0.5, 0.6) is 5.88 Å². The lowest BCUT2D eigenvalue weighted by molar-refractivity contribution is 0.0341. The number of anilines is 2. The highest BCUT2D eigenvalue weighted by Crippen LogP contribution is 2.23. The summed E-state index contributed by atoms with van der Waals surface area (Å²) in [4.78, 5) is 19.0. The molecular weight excluding hydrogens is 415 g/mol. The summed E-state index contributed by atoms with van der Waals surface area (Å²) in [7, 11) is 1.35. The van der Waals surface area contributed by atoms with Gasteiger partial charge in [-0.15, -0.1) is 0 Å². The smallest absolute Gasteiger partial charge is 0.250 e. The van der Waals surface area contributed by atoms with Crippen LogP contribution in [0.1, 0.15) is 18.1 Å². The van der Waals surface area contributed by atoms with Crippen molar-refractivity contribution in [3.8, 4) is 5.88 Å². The molecule has 5 N–H and O–H groups in total. The second-order valence-corrected chi connectivity index (χ2v) is 7.12. The summed E-state index contributed by atoms with van der Waals surface area (Å²) in [5.41, 5.74) is 13.7. The van der Waals surface area contributed by atoms with Crippen molar-refractivity contribution in [2.24, 2.45) is 21.5 Å². The highest BCUT2D eigenvalue weighted by atomic mass is 19.1. The number of nitrogens with two attached hydrogens (primary N) is 2. The summed E-state index contributed by atoms with van der Waals surface area (Å²) >= 11 is 0.